The first-order valence-electron chi connectivity index (χ1n) is 8.48. The summed E-state index contributed by atoms with van der Waals surface area (Å²) in [4.78, 5) is 28.8. The minimum absolute atomic E-state index is 0.0182. The Bertz CT molecular complexity index is 1020. The third kappa shape index (κ3) is 3.46. The van der Waals surface area contributed by atoms with Gasteiger partial charge < -0.3 is 10.4 Å². The van der Waals surface area contributed by atoms with Gasteiger partial charge in [0.25, 0.3) is 0 Å². The van der Waals surface area contributed by atoms with Crippen LogP contribution in [0.5, 0.6) is 0 Å². The molecule has 0 radical (unpaired) electrons. The fourth-order valence-corrected chi connectivity index (χ4v) is 3.29. The molecule has 3 aromatic rings. The molecule has 1 fully saturated rings. The van der Waals surface area contributed by atoms with Crippen molar-refractivity contribution in [2.24, 2.45) is 0 Å². The van der Waals surface area contributed by atoms with E-state index in [0.717, 1.165) is 24.2 Å². The summed E-state index contributed by atoms with van der Waals surface area (Å²) in [5.41, 5.74) is 1.93. The molecule has 3 heterocycles. The average Bonchev–Trinajstić information content (AvgIpc) is 3.47. The van der Waals surface area contributed by atoms with Crippen molar-refractivity contribution in [1.82, 2.24) is 19.9 Å². The standard InChI is InChI=1S/C19H16ClN5O2/c1-10-14(11-4-7-21-8-5-11)18(25-16(20)15(10)19(26)27)24-13-6-9-22-17(23-13)12-2-3-12/h4-9,12H,2-3H2,1H3,(H,26,27)(H,22,23,24,25). The molecular weight excluding hydrogens is 366 g/mol. The second-order valence-corrected chi connectivity index (χ2v) is 6.72. The highest BCUT2D eigenvalue weighted by Crippen LogP contribution is 2.39. The van der Waals surface area contributed by atoms with Gasteiger partial charge in [-0.15, -0.1) is 0 Å². The highest BCUT2D eigenvalue weighted by atomic mass is 35.5. The van der Waals surface area contributed by atoms with Crippen LogP contribution in [-0.2, 0) is 0 Å². The summed E-state index contributed by atoms with van der Waals surface area (Å²) in [7, 11) is 0. The monoisotopic (exact) mass is 381 g/mol. The maximum absolute atomic E-state index is 11.6. The Morgan fingerprint density at radius 1 is 1.19 bits per heavy atom. The molecule has 0 bridgehead atoms. The van der Waals surface area contributed by atoms with Crippen LogP contribution in [0.15, 0.2) is 36.8 Å². The van der Waals surface area contributed by atoms with Gasteiger partial charge in [0, 0.05) is 30.1 Å². The number of aromatic nitrogens is 4. The van der Waals surface area contributed by atoms with Crippen LogP contribution >= 0.6 is 11.6 Å². The molecule has 0 atom stereocenters. The van der Waals surface area contributed by atoms with Gasteiger partial charge in [-0.25, -0.2) is 19.7 Å². The molecule has 8 heteroatoms. The van der Waals surface area contributed by atoms with Crippen LogP contribution in [0.3, 0.4) is 0 Å². The smallest absolute Gasteiger partial charge is 0.339 e. The summed E-state index contributed by atoms with van der Waals surface area (Å²) < 4.78 is 0. The second-order valence-electron chi connectivity index (χ2n) is 6.37. The summed E-state index contributed by atoms with van der Waals surface area (Å²) in [5.74, 6) is 1.13. The summed E-state index contributed by atoms with van der Waals surface area (Å²) >= 11 is 6.17. The normalized spacial score (nSPS) is 13.4. The van der Waals surface area contributed by atoms with Crippen molar-refractivity contribution in [2.45, 2.75) is 25.7 Å². The Morgan fingerprint density at radius 3 is 2.59 bits per heavy atom. The number of hydrogen-bond acceptors (Lipinski definition) is 6. The largest absolute Gasteiger partial charge is 0.478 e. The molecule has 2 N–H and O–H groups in total. The summed E-state index contributed by atoms with van der Waals surface area (Å²) in [6, 6.07) is 5.34. The number of aromatic carboxylic acids is 1. The van der Waals surface area contributed by atoms with Gasteiger partial charge in [0.1, 0.15) is 28.2 Å². The lowest BCUT2D eigenvalue weighted by Gasteiger charge is -2.16. The summed E-state index contributed by atoms with van der Waals surface area (Å²) in [6.45, 7) is 1.72. The zero-order valence-electron chi connectivity index (χ0n) is 14.5. The van der Waals surface area contributed by atoms with Crippen molar-refractivity contribution < 1.29 is 9.90 Å². The van der Waals surface area contributed by atoms with Crippen LogP contribution in [0.25, 0.3) is 11.1 Å². The molecule has 0 unspecified atom stereocenters. The van der Waals surface area contributed by atoms with E-state index in [4.69, 9.17) is 11.6 Å². The number of carboxylic acids is 1. The van der Waals surface area contributed by atoms with Crippen molar-refractivity contribution in [1.29, 1.82) is 0 Å². The van der Waals surface area contributed by atoms with E-state index in [2.05, 4.69) is 25.3 Å². The van der Waals surface area contributed by atoms with Gasteiger partial charge in [0.2, 0.25) is 0 Å². The zero-order valence-corrected chi connectivity index (χ0v) is 15.2. The van der Waals surface area contributed by atoms with Crippen LogP contribution in [0.2, 0.25) is 5.15 Å². The molecule has 4 rings (SSSR count). The quantitative estimate of drug-likeness (QED) is 0.638. The van der Waals surface area contributed by atoms with Crippen molar-refractivity contribution in [3.05, 3.63) is 58.9 Å². The van der Waals surface area contributed by atoms with E-state index in [-0.39, 0.29) is 10.7 Å². The van der Waals surface area contributed by atoms with E-state index in [1.165, 1.54) is 0 Å². The molecule has 0 saturated heterocycles. The minimum atomic E-state index is -1.12. The molecule has 136 valence electrons. The molecular formula is C19H16ClN5O2. The molecule has 1 aliphatic carbocycles. The van der Waals surface area contributed by atoms with Crippen LogP contribution in [0.1, 0.15) is 40.5 Å². The van der Waals surface area contributed by atoms with Crippen molar-refractivity contribution >= 4 is 29.2 Å². The van der Waals surface area contributed by atoms with E-state index in [1.807, 2.05) is 0 Å². The fraction of sp³-hybridized carbons (Fsp3) is 0.211. The number of rotatable bonds is 5. The zero-order chi connectivity index (χ0) is 19.0. The number of nitrogens with one attached hydrogen (secondary N) is 1. The van der Waals surface area contributed by atoms with Gasteiger partial charge in [-0.2, -0.15) is 0 Å². The molecule has 0 spiro atoms. The lowest BCUT2D eigenvalue weighted by atomic mass is 9.98. The highest BCUT2D eigenvalue weighted by molar-refractivity contribution is 6.33. The van der Waals surface area contributed by atoms with Gasteiger partial charge >= 0.3 is 5.97 Å². The maximum Gasteiger partial charge on any atom is 0.339 e. The third-order valence-corrected chi connectivity index (χ3v) is 4.72. The Balaban J connectivity index is 1.84. The van der Waals surface area contributed by atoms with Crippen molar-refractivity contribution in [3.8, 4) is 11.1 Å². The van der Waals surface area contributed by atoms with E-state index in [1.54, 1.807) is 43.7 Å². The van der Waals surface area contributed by atoms with E-state index in [9.17, 15) is 9.90 Å². The summed E-state index contributed by atoms with van der Waals surface area (Å²) in [6.07, 6.45) is 7.19. The van der Waals surface area contributed by atoms with Crippen LogP contribution in [0, 0.1) is 6.92 Å². The van der Waals surface area contributed by atoms with E-state index in [0.29, 0.717) is 28.7 Å². The Morgan fingerprint density at radius 2 is 1.93 bits per heavy atom. The lowest BCUT2D eigenvalue weighted by molar-refractivity contribution is 0.0696. The first-order chi connectivity index (χ1) is 13.0. The summed E-state index contributed by atoms with van der Waals surface area (Å²) in [5, 5.41) is 12.6. The van der Waals surface area contributed by atoms with Gasteiger partial charge in [0.15, 0.2) is 0 Å². The molecule has 7 nitrogen and oxygen atoms in total. The van der Waals surface area contributed by atoms with Gasteiger partial charge in [-0.1, -0.05) is 11.6 Å². The topological polar surface area (TPSA) is 101 Å². The fourth-order valence-electron chi connectivity index (χ4n) is 2.98. The van der Waals surface area contributed by atoms with Crippen LogP contribution in [0.4, 0.5) is 11.6 Å². The number of nitrogens with zero attached hydrogens (tertiary/aromatic N) is 4. The van der Waals surface area contributed by atoms with E-state index < -0.39 is 5.97 Å². The lowest BCUT2D eigenvalue weighted by Crippen LogP contribution is -2.09. The predicted molar refractivity (Wildman–Crippen MR) is 101 cm³/mol. The molecule has 1 aliphatic rings. The van der Waals surface area contributed by atoms with Gasteiger partial charge in [0.05, 0.1) is 0 Å². The first-order valence-corrected chi connectivity index (χ1v) is 8.86. The number of carboxylic acid groups (broad SMARTS) is 1. The SMILES string of the molecule is Cc1c(C(=O)O)c(Cl)nc(Nc2ccnc(C3CC3)n2)c1-c1ccncc1. The van der Waals surface area contributed by atoms with Crippen LogP contribution < -0.4 is 5.32 Å². The van der Waals surface area contributed by atoms with Gasteiger partial charge in [-0.05, 0) is 49.1 Å². The third-order valence-electron chi connectivity index (χ3n) is 4.45. The Kier molecular flexibility index (Phi) is 4.45. The average molecular weight is 382 g/mol. The molecule has 1 saturated carbocycles. The number of hydrogen-bond donors (Lipinski definition) is 2. The van der Waals surface area contributed by atoms with E-state index >= 15 is 0 Å². The highest BCUT2D eigenvalue weighted by Gasteiger charge is 2.27. The molecule has 3 aromatic heterocycles. The second kappa shape index (κ2) is 6.92. The molecule has 27 heavy (non-hydrogen) atoms. The number of halogens is 1. The van der Waals surface area contributed by atoms with Crippen molar-refractivity contribution in [2.75, 3.05) is 5.32 Å². The van der Waals surface area contributed by atoms with Gasteiger partial charge in [-0.3, -0.25) is 4.98 Å². The van der Waals surface area contributed by atoms with Crippen LogP contribution in [-0.4, -0.2) is 31.0 Å². The number of anilines is 2. The first kappa shape index (κ1) is 17.4. The molecule has 0 aliphatic heterocycles. The number of carbonyl (C=O) groups is 1. The molecule has 0 amide bonds. The van der Waals surface area contributed by atoms with Crippen molar-refractivity contribution in [3.63, 3.8) is 0 Å². The Hall–Kier alpha value is -3.06. The Labute approximate surface area is 160 Å². The maximum atomic E-state index is 11.6. The minimum Gasteiger partial charge on any atom is -0.478 e. The number of pyridine rings is 2. The predicted octanol–water partition coefficient (Wildman–Crippen LogP) is 4.21. The molecule has 0 aromatic carbocycles.